The van der Waals surface area contributed by atoms with Gasteiger partial charge in [-0.05, 0) is 53.9 Å². The topological polar surface area (TPSA) is 73.9 Å². The molecule has 4 aromatic carbocycles. The summed E-state index contributed by atoms with van der Waals surface area (Å²) in [5, 5.41) is 5.63. The van der Waals surface area contributed by atoms with E-state index >= 15 is 0 Å². The largest absolute Gasteiger partial charge is 0.490 e. The van der Waals surface area contributed by atoms with Gasteiger partial charge in [0, 0.05) is 26.9 Å². The molecule has 0 bridgehead atoms. The van der Waals surface area contributed by atoms with Gasteiger partial charge >= 0.3 is 5.97 Å². The van der Waals surface area contributed by atoms with Gasteiger partial charge in [0.1, 0.15) is 6.61 Å². The van der Waals surface area contributed by atoms with Gasteiger partial charge in [-0.25, -0.2) is 4.79 Å². The third-order valence-corrected chi connectivity index (χ3v) is 8.22. The molecule has 0 saturated carbocycles. The van der Waals surface area contributed by atoms with Gasteiger partial charge in [0.05, 0.1) is 30.9 Å². The van der Waals surface area contributed by atoms with Crippen LogP contribution in [0.2, 0.25) is 0 Å². The molecule has 206 valence electrons. The van der Waals surface area contributed by atoms with Crippen molar-refractivity contribution < 1.29 is 23.8 Å². The Morgan fingerprint density at radius 1 is 0.902 bits per heavy atom. The Morgan fingerprint density at radius 2 is 1.61 bits per heavy atom. The molecule has 0 spiro atoms. The normalized spacial score (nSPS) is 15.9. The molecule has 1 N–H and O–H groups in total. The lowest BCUT2D eigenvalue weighted by molar-refractivity contribution is -0.136. The number of ether oxygens (including phenoxy) is 3. The van der Waals surface area contributed by atoms with E-state index in [0.29, 0.717) is 62.9 Å². The number of hydrogen-bond donors (Lipinski definition) is 1. The van der Waals surface area contributed by atoms with E-state index in [1.165, 1.54) is 12.5 Å². The number of Topliss-reactive ketones (excluding diaryl/α,β-unsaturated/α-hetero) is 1. The summed E-state index contributed by atoms with van der Waals surface area (Å²) < 4.78 is 18.2. The van der Waals surface area contributed by atoms with Gasteiger partial charge in [0.25, 0.3) is 0 Å². The summed E-state index contributed by atoms with van der Waals surface area (Å²) in [5.74, 6) is -0.223. The zero-order chi connectivity index (χ0) is 28.7. The van der Waals surface area contributed by atoms with Crippen molar-refractivity contribution in [3.8, 4) is 11.5 Å². The number of halogens is 1. The minimum atomic E-state index is -0.679. The number of benzene rings is 4. The van der Waals surface area contributed by atoms with Crippen LogP contribution >= 0.6 is 15.9 Å². The van der Waals surface area contributed by atoms with Crippen molar-refractivity contribution in [1.29, 1.82) is 0 Å². The Balaban J connectivity index is 1.42. The molecule has 1 atom stereocenters. The van der Waals surface area contributed by atoms with Gasteiger partial charge in [0.2, 0.25) is 0 Å². The van der Waals surface area contributed by atoms with Crippen molar-refractivity contribution in [3.63, 3.8) is 0 Å². The summed E-state index contributed by atoms with van der Waals surface area (Å²) >= 11 is 3.73. The quantitative estimate of drug-likeness (QED) is 0.221. The molecule has 1 aliphatic heterocycles. The highest BCUT2D eigenvalue weighted by molar-refractivity contribution is 9.10. The van der Waals surface area contributed by atoms with E-state index in [1.807, 2.05) is 62.4 Å². The fourth-order valence-electron chi connectivity index (χ4n) is 5.66. The molecule has 0 aromatic heterocycles. The molecule has 1 heterocycles. The second kappa shape index (κ2) is 10.9. The molecule has 4 aromatic rings. The van der Waals surface area contributed by atoms with Crippen molar-refractivity contribution in [2.45, 2.75) is 26.4 Å². The number of allylic oxidation sites excluding steroid dienone is 2. The van der Waals surface area contributed by atoms with Crippen LogP contribution in [0.1, 0.15) is 46.8 Å². The number of nitrogens with one attached hydrogen (secondary N) is 1. The fraction of sp³-hybridized carbons (Fsp3) is 0.176. The molecule has 7 heteroatoms. The molecule has 6 nitrogen and oxygen atoms in total. The first-order chi connectivity index (χ1) is 19.9. The van der Waals surface area contributed by atoms with Crippen molar-refractivity contribution in [3.05, 3.63) is 122 Å². The Hall–Kier alpha value is -4.36. The van der Waals surface area contributed by atoms with E-state index in [0.717, 1.165) is 16.5 Å². The van der Waals surface area contributed by atoms with Crippen LogP contribution < -0.4 is 14.8 Å². The average molecular weight is 611 g/mol. The SMILES string of the molecule is CCOc1cc([C@H]2C(C(=O)OC)=C(C)NC3=C2C(=O)c2ccccc23)c(Br)cc1OCc1ccc2ccccc2c1. The second-order valence-corrected chi connectivity index (χ2v) is 10.8. The lowest BCUT2D eigenvalue weighted by atomic mass is 9.79. The van der Waals surface area contributed by atoms with E-state index < -0.39 is 11.9 Å². The maximum Gasteiger partial charge on any atom is 0.336 e. The minimum Gasteiger partial charge on any atom is -0.490 e. The predicted molar refractivity (Wildman–Crippen MR) is 162 cm³/mol. The first-order valence-corrected chi connectivity index (χ1v) is 14.2. The lowest BCUT2D eigenvalue weighted by Gasteiger charge is -2.30. The summed E-state index contributed by atoms with van der Waals surface area (Å²) in [6.07, 6.45) is 0. The van der Waals surface area contributed by atoms with Gasteiger partial charge < -0.3 is 19.5 Å². The van der Waals surface area contributed by atoms with Gasteiger partial charge in [-0.2, -0.15) is 0 Å². The zero-order valence-electron chi connectivity index (χ0n) is 22.9. The number of carbonyl (C=O) groups excluding carboxylic acids is 2. The third-order valence-electron chi connectivity index (χ3n) is 7.54. The van der Waals surface area contributed by atoms with Crippen LogP contribution in [0.4, 0.5) is 0 Å². The van der Waals surface area contributed by atoms with Crippen LogP contribution in [0.15, 0.2) is 100 Å². The molecule has 0 saturated heterocycles. The number of rotatable bonds is 7. The van der Waals surface area contributed by atoms with Crippen LogP contribution in [-0.2, 0) is 16.1 Å². The highest BCUT2D eigenvalue weighted by Gasteiger charge is 2.43. The first-order valence-electron chi connectivity index (χ1n) is 13.4. The summed E-state index contributed by atoms with van der Waals surface area (Å²) in [4.78, 5) is 26.9. The Bertz CT molecular complexity index is 1790. The lowest BCUT2D eigenvalue weighted by Crippen LogP contribution is -2.29. The van der Waals surface area contributed by atoms with Crippen LogP contribution in [-0.4, -0.2) is 25.5 Å². The minimum absolute atomic E-state index is 0.122. The van der Waals surface area contributed by atoms with Gasteiger partial charge in [-0.15, -0.1) is 0 Å². The van der Waals surface area contributed by atoms with Crippen molar-refractivity contribution in [2.24, 2.45) is 0 Å². The highest BCUT2D eigenvalue weighted by Crippen LogP contribution is 2.50. The van der Waals surface area contributed by atoms with Gasteiger partial charge in [-0.3, -0.25) is 4.79 Å². The van der Waals surface area contributed by atoms with E-state index in [-0.39, 0.29) is 5.78 Å². The summed E-state index contributed by atoms with van der Waals surface area (Å²) in [6, 6.07) is 25.6. The van der Waals surface area contributed by atoms with Crippen molar-refractivity contribution in [1.82, 2.24) is 5.32 Å². The molecule has 0 amide bonds. The summed E-state index contributed by atoms with van der Waals surface area (Å²) in [6.45, 7) is 4.49. The van der Waals surface area contributed by atoms with E-state index in [4.69, 9.17) is 14.2 Å². The maximum atomic E-state index is 13.8. The molecule has 0 fully saturated rings. The predicted octanol–water partition coefficient (Wildman–Crippen LogP) is 7.32. The number of dihydropyridines is 1. The number of fused-ring (bicyclic) bond motifs is 3. The molecule has 1 aliphatic carbocycles. The number of esters is 1. The molecule has 6 rings (SSSR count). The monoisotopic (exact) mass is 609 g/mol. The van der Waals surface area contributed by atoms with Crippen LogP contribution in [0.3, 0.4) is 0 Å². The number of hydrogen-bond acceptors (Lipinski definition) is 6. The first kappa shape index (κ1) is 26.8. The average Bonchev–Trinajstić information content (AvgIpc) is 3.27. The van der Waals surface area contributed by atoms with E-state index in [1.54, 1.807) is 0 Å². The maximum absolute atomic E-state index is 13.8. The molecule has 0 radical (unpaired) electrons. The van der Waals surface area contributed by atoms with Crippen molar-refractivity contribution >= 4 is 44.2 Å². The van der Waals surface area contributed by atoms with Crippen LogP contribution in [0, 0.1) is 0 Å². The van der Waals surface area contributed by atoms with E-state index in [2.05, 4.69) is 51.6 Å². The molecule has 2 aliphatic rings. The molecular formula is C34H28BrNO5. The second-order valence-electron chi connectivity index (χ2n) is 9.98. The van der Waals surface area contributed by atoms with Crippen LogP contribution in [0.25, 0.3) is 16.5 Å². The summed E-state index contributed by atoms with van der Waals surface area (Å²) in [5.41, 5.74) is 5.38. The van der Waals surface area contributed by atoms with Gasteiger partial charge in [-0.1, -0.05) is 76.6 Å². The van der Waals surface area contributed by atoms with Gasteiger partial charge in [0.15, 0.2) is 17.3 Å². The molecule has 0 unspecified atom stereocenters. The standard InChI is InChI=1S/C34H28BrNO5/c1-4-40-27-16-25(26(35)17-28(27)41-18-20-13-14-21-9-5-6-10-22(21)15-20)30-29(34(38)39-3)19(2)36-32-23-11-7-8-12-24(23)33(37)31(30)32/h5-17,30,36H,4,18H2,1-3H3/t30-/m0/s1. The van der Waals surface area contributed by atoms with E-state index in [9.17, 15) is 9.59 Å². The third kappa shape index (κ3) is 4.70. The fourth-order valence-corrected chi connectivity index (χ4v) is 6.21. The molecule has 41 heavy (non-hydrogen) atoms. The zero-order valence-corrected chi connectivity index (χ0v) is 24.5. The van der Waals surface area contributed by atoms with Crippen molar-refractivity contribution in [2.75, 3.05) is 13.7 Å². The Kier molecular flexibility index (Phi) is 7.14. The summed E-state index contributed by atoms with van der Waals surface area (Å²) in [7, 11) is 1.35. The highest BCUT2D eigenvalue weighted by atomic mass is 79.9. The molecular weight excluding hydrogens is 582 g/mol. The Morgan fingerprint density at radius 3 is 2.37 bits per heavy atom. The smallest absolute Gasteiger partial charge is 0.336 e. The number of methoxy groups -OCH3 is 1. The number of carbonyl (C=O) groups is 2. The number of ketones is 1. The Labute approximate surface area is 246 Å². The van der Waals surface area contributed by atoms with Crippen LogP contribution in [0.5, 0.6) is 11.5 Å².